The molecule has 0 aliphatic carbocycles. The first kappa shape index (κ1) is 14.1. The summed E-state index contributed by atoms with van der Waals surface area (Å²) < 4.78 is 41.5. The summed E-state index contributed by atoms with van der Waals surface area (Å²) in [6.45, 7) is 1.06. The zero-order valence-corrected chi connectivity index (χ0v) is 11.4. The van der Waals surface area contributed by atoms with Crippen molar-refractivity contribution in [2.75, 3.05) is 13.6 Å². The predicted molar refractivity (Wildman–Crippen MR) is 69.3 cm³/mol. The lowest BCUT2D eigenvalue weighted by molar-refractivity contribution is -0.159. The summed E-state index contributed by atoms with van der Waals surface area (Å²) in [6.07, 6.45) is -2.36. The molecule has 1 atom stereocenters. The van der Waals surface area contributed by atoms with Gasteiger partial charge in [-0.05, 0) is 32.0 Å². The Balaban J connectivity index is 1.82. The molecule has 1 unspecified atom stereocenters. The molecule has 2 heterocycles. The van der Waals surface area contributed by atoms with Crippen LogP contribution in [-0.2, 0) is 6.18 Å². The largest absolute Gasteiger partial charge is 0.471 e. The van der Waals surface area contributed by atoms with Crippen LogP contribution in [-0.4, -0.2) is 28.6 Å². The average molecular weight is 297 g/mol. The van der Waals surface area contributed by atoms with Gasteiger partial charge in [-0.3, -0.25) is 4.90 Å². The van der Waals surface area contributed by atoms with Crippen molar-refractivity contribution in [3.8, 4) is 11.4 Å². The fourth-order valence-corrected chi connectivity index (χ4v) is 2.64. The van der Waals surface area contributed by atoms with Gasteiger partial charge < -0.3 is 4.52 Å². The van der Waals surface area contributed by atoms with Gasteiger partial charge in [0.1, 0.15) is 0 Å². The second kappa shape index (κ2) is 5.14. The van der Waals surface area contributed by atoms with Crippen molar-refractivity contribution in [1.29, 1.82) is 0 Å². The molecular weight excluding hydrogens is 283 g/mol. The summed E-state index contributed by atoms with van der Waals surface area (Å²) in [4.78, 5) is 5.65. The number of nitrogens with zero attached hydrogens (tertiary/aromatic N) is 3. The van der Waals surface area contributed by atoms with E-state index >= 15 is 0 Å². The molecule has 0 N–H and O–H groups in total. The monoisotopic (exact) mass is 297 g/mol. The van der Waals surface area contributed by atoms with Crippen molar-refractivity contribution < 1.29 is 17.7 Å². The molecule has 1 saturated heterocycles. The number of hydrogen-bond acceptors (Lipinski definition) is 4. The first-order valence-electron chi connectivity index (χ1n) is 6.66. The highest BCUT2D eigenvalue weighted by atomic mass is 19.4. The van der Waals surface area contributed by atoms with E-state index < -0.39 is 12.1 Å². The summed E-state index contributed by atoms with van der Waals surface area (Å²) in [5, 5.41) is 3.38. The number of aromatic nitrogens is 2. The van der Waals surface area contributed by atoms with Crippen LogP contribution in [0.2, 0.25) is 0 Å². The molecule has 4 nitrogen and oxygen atoms in total. The molecule has 0 spiro atoms. The molecule has 2 aromatic rings. The molecule has 1 aromatic carbocycles. The van der Waals surface area contributed by atoms with Crippen LogP contribution in [0.15, 0.2) is 28.8 Å². The van der Waals surface area contributed by atoms with Crippen molar-refractivity contribution in [3.05, 3.63) is 35.7 Å². The maximum atomic E-state index is 12.4. The molecule has 1 aliphatic rings. The Hall–Kier alpha value is -1.89. The van der Waals surface area contributed by atoms with Gasteiger partial charge in [-0.15, -0.1) is 0 Å². The van der Waals surface area contributed by atoms with Gasteiger partial charge in [-0.25, -0.2) is 0 Å². The molecule has 112 valence electrons. The summed E-state index contributed by atoms with van der Waals surface area (Å²) in [6, 6.07) is 7.64. The third kappa shape index (κ3) is 2.78. The van der Waals surface area contributed by atoms with Crippen LogP contribution in [0.5, 0.6) is 0 Å². The van der Waals surface area contributed by atoms with E-state index in [9.17, 15) is 13.2 Å². The molecular formula is C14H14F3N3O. The molecule has 0 saturated carbocycles. The van der Waals surface area contributed by atoms with Crippen molar-refractivity contribution in [2.24, 2.45) is 0 Å². The van der Waals surface area contributed by atoms with Crippen LogP contribution >= 0.6 is 0 Å². The summed E-state index contributed by atoms with van der Waals surface area (Å²) >= 11 is 0. The highest BCUT2D eigenvalue weighted by Gasteiger charge is 2.38. The van der Waals surface area contributed by atoms with Gasteiger partial charge in [0, 0.05) is 11.6 Å². The highest BCUT2D eigenvalue weighted by molar-refractivity contribution is 5.54. The normalized spacial score (nSPS) is 20.1. The number of rotatable bonds is 2. The minimum atomic E-state index is -4.61. The Morgan fingerprint density at radius 3 is 2.48 bits per heavy atom. The van der Waals surface area contributed by atoms with E-state index in [2.05, 4.69) is 26.6 Å². The Morgan fingerprint density at radius 1 is 1.24 bits per heavy atom. The molecule has 0 amide bonds. The molecule has 1 aliphatic heterocycles. The Bertz CT molecular complexity index is 621. The second-order valence-corrected chi connectivity index (χ2v) is 5.18. The molecule has 3 rings (SSSR count). The Morgan fingerprint density at radius 2 is 1.95 bits per heavy atom. The second-order valence-electron chi connectivity index (χ2n) is 5.18. The number of alkyl halides is 3. The van der Waals surface area contributed by atoms with Crippen LogP contribution in [0.1, 0.15) is 30.3 Å². The van der Waals surface area contributed by atoms with Crippen LogP contribution in [0.4, 0.5) is 13.2 Å². The summed E-state index contributed by atoms with van der Waals surface area (Å²) in [5.41, 5.74) is 1.66. The number of likely N-dealkylation sites (tertiary alicyclic amines) is 1. The molecule has 0 bridgehead atoms. The van der Waals surface area contributed by atoms with Crippen molar-refractivity contribution in [1.82, 2.24) is 15.0 Å². The maximum absolute atomic E-state index is 12.4. The van der Waals surface area contributed by atoms with Gasteiger partial charge in [0.25, 0.3) is 0 Å². The Labute approximate surface area is 119 Å². The van der Waals surface area contributed by atoms with E-state index in [0.717, 1.165) is 24.9 Å². The maximum Gasteiger partial charge on any atom is 0.471 e. The van der Waals surface area contributed by atoms with Gasteiger partial charge in [-0.2, -0.15) is 18.2 Å². The van der Waals surface area contributed by atoms with E-state index in [4.69, 9.17) is 0 Å². The topological polar surface area (TPSA) is 42.2 Å². The van der Waals surface area contributed by atoms with E-state index in [1.807, 2.05) is 12.1 Å². The number of benzene rings is 1. The first-order valence-corrected chi connectivity index (χ1v) is 6.66. The van der Waals surface area contributed by atoms with E-state index in [0.29, 0.717) is 11.6 Å². The van der Waals surface area contributed by atoms with Crippen molar-refractivity contribution >= 4 is 0 Å². The molecule has 1 fully saturated rings. The zero-order chi connectivity index (χ0) is 15.0. The summed E-state index contributed by atoms with van der Waals surface area (Å²) in [7, 11) is 2.07. The number of halogens is 3. The van der Waals surface area contributed by atoms with Gasteiger partial charge in [0.15, 0.2) is 0 Å². The SMILES string of the molecule is CN1CCCC1c1ccc(-c2noc(C(F)(F)F)n2)cc1. The molecule has 0 radical (unpaired) electrons. The summed E-state index contributed by atoms with van der Waals surface area (Å²) in [5.74, 6) is -1.37. The lowest BCUT2D eigenvalue weighted by Gasteiger charge is -2.19. The van der Waals surface area contributed by atoms with E-state index in [1.165, 1.54) is 0 Å². The fourth-order valence-electron chi connectivity index (χ4n) is 2.64. The van der Waals surface area contributed by atoms with Crippen molar-refractivity contribution in [2.45, 2.75) is 25.1 Å². The third-order valence-corrected chi connectivity index (χ3v) is 3.74. The first-order chi connectivity index (χ1) is 9.95. The lowest BCUT2D eigenvalue weighted by Crippen LogP contribution is -2.17. The minimum absolute atomic E-state index is 0.0475. The van der Waals surface area contributed by atoms with Crippen LogP contribution in [0, 0.1) is 0 Å². The molecule has 1 aromatic heterocycles. The predicted octanol–water partition coefficient (Wildman–Crippen LogP) is 3.52. The average Bonchev–Trinajstić information content (AvgIpc) is 3.07. The zero-order valence-electron chi connectivity index (χ0n) is 11.4. The van der Waals surface area contributed by atoms with Crippen molar-refractivity contribution in [3.63, 3.8) is 0 Å². The van der Waals surface area contributed by atoms with Gasteiger partial charge in [0.2, 0.25) is 5.82 Å². The van der Waals surface area contributed by atoms with E-state index in [-0.39, 0.29) is 5.82 Å². The fraction of sp³-hybridized carbons (Fsp3) is 0.429. The van der Waals surface area contributed by atoms with Gasteiger partial charge in [0.05, 0.1) is 0 Å². The van der Waals surface area contributed by atoms with Crippen LogP contribution < -0.4 is 0 Å². The molecule has 7 heteroatoms. The van der Waals surface area contributed by atoms with Gasteiger partial charge >= 0.3 is 12.1 Å². The van der Waals surface area contributed by atoms with Crippen LogP contribution in [0.25, 0.3) is 11.4 Å². The molecule has 21 heavy (non-hydrogen) atoms. The number of hydrogen-bond donors (Lipinski definition) is 0. The van der Waals surface area contributed by atoms with Crippen LogP contribution in [0.3, 0.4) is 0 Å². The highest BCUT2D eigenvalue weighted by Crippen LogP contribution is 2.32. The standard InChI is InChI=1S/C14H14F3N3O/c1-20-8-2-3-11(20)9-4-6-10(7-5-9)12-18-13(21-19-12)14(15,16)17/h4-7,11H,2-3,8H2,1H3. The smallest absolute Gasteiger partial charge is 0.329 e. The minimum Gasteiger partial charge on any atom is -0.329 e. The van der Waals surface area contributed by atoms with E-state index in [1.54, 1.807) is 12.1 Å². The lowest BCUT2D eigenvalue weighted by atomic mass is 10.0. The Kier molecular flexibility index (Phi) is 3.44. The van der Waals surface area contributed by atoms with Gasteiger partial charge in [-0.1, -0.05) is 29.4 Å². The third-order valence-electron chi connectivity index (χ3n) is 3.74. The quantitative estimate of drug-likeness (QED) is 0.850.